The Morgan fingerprint density at radius 1 is 1.20 bits per heavy atom. The van der Waals surface area contributed by atoms with E-state index in [2.05, 4.69) is 19.1 Å². The van der Waals surface area contributed by atoms with E-state index in [1.54, 1.807) is 0 Å². The fourth-order valence-corrected chi connectivity index (χ4v) is 0.694. The van der Waals surface area contributed by atoms with Crippen molar-refractivity contribution in [3.63, 3.8) is 0 Å². The Hall–Kier alpha value is -0.300. The maximum atomic E-state index is 5.13. The number of unbranched alkanes of at least 4 members (excludes halogenated alkanes) is 2. The highest BCUT2D eigenvalue weighted by atomic mass is 16.5. The number of allylic oxidation sites excluding steroid dienone is 1. The van der Waals surface area contributed by atoms with Crippen LogP contribution in [0.15, 0.2) is 12.2 Å². The van der Waals surface area contributed by atoms with Crippen LogP contribution in [0.3, 0.4) is 0 Å². The Morgan fingerprint density at radius 2 is 2.00 bits per heavy atom. The monoisotopic (exact) mass is 142 g/mol. The van der Waals surface area contributed by atoms with Crippen LogP contribution >= 0.6 is 0 Å². The first-order valence-electron chi connectivity index (χ1n) is 4.14. The fourth-order valence-electron chi connectivity index (χ4n) is 0.694. The minimum atomic E-state index is 0.778. The van der Waals surface area contributed by atoms with E-state index in [0.29, 0.717) is 0 Å². The van der Waals surface area contributed by atoms with Gasteiger partial charge in [-0.3, -0.25) is 0 Å². The first kappa shape index (κ1) is 9.70. The lowest BCUT2D eigenvalue weighted by Crippen LogP contribution is -1.87. The van der Waals surface area contributed by atoms with Crippen molar-refractivity contribution in [1.82, 2.24) is 0 Å². The van der Waals surface area contributed by atoms with Crippen LogP contribution in [0, 0.1) is 0 Å². The van der Waals surface area contributed by atoms with E-state index in [1.807, 2.05) is 6.92 Å². The lowest BCUT2D eigenvalue weighted by atomic mass is 10.2. The molecule has 0 aliphatic heterocycles. The molecule has 0 aliphatic rings. The molecule has 0 aromatic carbocycles. The Morgan fingerprint density at radius 3 is 2.60 bits per heavy atom. The number of ether oxygens (including phenoxy) is 1. The van der Waals surface area contributed by atoms with Gasteiger partial charge in [-0.05, 0) is 13.3 Å². The van der Waals surface area contributed by atoms with E-state index < -0.39 is 0 Å². The van der Waals surface area contributed by atoms with E-state index in [9.17, 15) is 0 Å². The van der Waals surface area contributed by atoms with Crippen LogP contribution in [0.1, 0.15) is 33.1 Å². The summed E-state index contributed by atoms with van der Waals surface area (Å²) < 4.78 is 5.13. The second-order valence-corrected chi connectivity index (χ2v) is 2.27. The van der Waals surface area contributed by atoms with Crippen molar-refractivity contribution in [3.05, 3.63) is 12.2 Å². The van der Waals surface area contributed by atoms with Gasteiger partial charge in [0.05, 0.1) is 6.61 Å². The highest BCUT2D eigenvalue weighted by Crippen LogP contribution is 1.94. The standard InChI is InChI=1S/C9H18O/c1-3-5-6-7-8-9-10-4-2/h7-8H,3-6,9H2,1-2H3. The first-order chi connectivity index (χ1) is 4.91. The van der Waals surface area contributed by atoms with E-state index in [1.165, 1.54) is 19.3 Å². The minimum absolute atomic E-state index is 0.778. The lowest BCUT2D eigenvalue weighted by Gasteiger charge is -1.92. The summed E-state index contributed by atoms with van der Waals surface area (Å²) in [5.41, 5.74) is 0. The molecule has 0 rings (SSSR count). The smallest absolute Gasteiger partial charge is 0.0647 e. The van der Waals surface area contributed by atoms with Crippen molar-refractivity contribution >= 4 is 0 Å². The normalized spacial score (nSPS) is 11.0. The molecular formula is C9H18O. The van der Waals surface area contributed by atoms with Gasteiger partial charge in [-0.2, -0.15) is 0 Å². The summed E-state index contributed by atoms with van der Waals surface area (Å²) in [6.45, 7) is 5.81. The minimum Gasteiger partial charge on any atom is -0.378 e. The van der Waals surface area contributed by atoms with Crippen molar-refractivity contribution in [3.8, 4) is 0 Å². The molecule has 0 aromatic heterocycles. The summed E-state index contributed by atoms with van der Waals surface area (Å²) >= 11 is 0. The van der Waals surface area contributed by atoms with Gasteiger partial charge in [-0.1, -0.05) is 31.9 Å². The van der Waals surface area contributed by atoms with Gasteiger partial charge >= 0.3 is 0 Å². The van der Waals surface area contributed by atoms with Crippen molar-refractivity contribution in [1.29, 1.82) is 0 Å². The van der Waals surface area contributed by atoms with Crippen LogP contribution in [0.5, 0.6) is 0 Å². The molecule has 0 amide bonds. The molecule has 0 heterocycles. The topological polar surface area (TPSA) is 9.23 Å². The quantitative estimate of drug-likeness (QED) is 0.409. The van der Waals surface area contributed by atoms with Crippen molar-refractivity contribution in [2.75, 3.05) is 13.2 Å². The number of rotatable bonds is 6. The summed E-state index contributed by atoms with van der Waals surface area (Å²) in [5.74, 6) is 0. The molecule has 0 saturated carbocycles. The Bertz CT molecular complexity index is 66.8. The molecule has 60 valence electrons. The molecule has 0 atom stereocenters. The lowest BCUT2D eigenvalue weighted by molar-refractivity contribution is 0.177. The molecule has 0 fully saturated rings. The largest absolute Gasteiger partial charge is 0.378 e. The highest BCUT2D eigenvalue weighted by Gasteiger charge is 1.77. The van der Waals surface area contributed by atoms with Gasteiger partial charge in [0.25, 0.3) is 0 Å². The van der Waals surface area contributed by atoms with Crippen LogP contribution in [-0.4, -0.2) is 13.2 Å². The zero-order valence-electron chi connectivity index (χ0n) is 7.10. The van der Waals surface area contributed by atoms with Gasteiger partial charge in [0.2, 0.25) is 0 Å². The fraction of sp³-hybridized carbons (Fsp3) is 0.778. The van der Waals surface area contributed by atoms with Crippen LogP contribution in [0.25, 0.3) is 0 Å². The average molecular weight is 142 g/mol. The van der Waals surface area contributed by atoms with E-state index in [-0.39, 0.29) is 0 Å². The summed E-state index contributed by atoms with van der Waals surface area (Å²) in [7, 11) is 0. The molecule has 0 aromatic rings. The summed E-state index contributed by atoms with van der Waals surface area (Å²) in [5, 5.41) is 0. The Kier molecular flexibility index (Phi) is 8.44. The zero-order valence-corrected chi connectivity index (χ0v) is 7.10. The van der Waals surface area contributed by atoms with Crippen molar-refractivity contribution in [2.45, 2.75) is 33.1 Å². The van der Waals surface area contributed by atoms with Gasteiger partial charge in [0.1, 0.15) is 0 Å². The van der Waals surface area contributed by atoms with E-state index >= 15 is 0 Å². The summed E-state index contributed by atoms with van der Waals surface area (Å²) in [4.78, 5) is 0. The van der Waals surface area contributed by atoms with Gasteiger partial charge < -0.3 is 4.74 Å². The van der Waals surface area contributed by atoms with Crippen LogP contribution in [-0.2, 0) is 4.74 Å². The maximum absolute atomic E-state index is 5.13. The van der Waals surface area contributed by atoms with E-state index in [4.69, 9.17) is 4.74 Å². The summed E-state index contributed by atoms with van der Waals surface area (Å²) in [6, 6.07) is 0. The Balaban J connectivity index is 2.89. The third kappa shape index (κ3) is 7.70. The van der Waals surface area contributed by atoms with Gasteiger partial charge in [-0.25, -0.2) is 0 Å². The second-order valence-electron chi connectivity index (χ2n) is 2.27. The Labute approximate surface area is 64.1 Å². The third-order valence-electron chi connectivity index (χ3n) is 1.31. The number of hydrogen-bond donors (Lipinski definition) is 0. The molecule has 1 heteroatoms. The second kappa shape index (κ2) is 8.70. The molecule has 0 N–H and O–H groups in total. The molecule has 0 radical (unpaired) electrons. The predicted octanol–water partition coefficient (Wildman–Crippen LogP) is 2.77. The molecule has 0 bridgehead atoms. The maximum Gasteiger partial charge on any atom is 0.0647 e. The zero-order chi connectivity index (χ0) is 7.66. The van der Waals surface area contributed by atoms with E-state index in [0.717, 1.165) is 13.2 Å². The molecular weight excluding hydrogens is 124 g/mol. The first-order valence-corrected chi connectivity index (χ1v) is 4.14. The van der Waals surface area contributed by atoms with Crippen molar-refractivity contribution in [2.24, 2.45) is 0 Å². The van der Waals surface area contributed by atoms with Crippen LogP contribution in [0.4, 0.5) is 0 Å². The molecule has 0 saturated heterocycles. The van der Waals surface area contributed by atoms with Gasteiger partial charge in [0.15, 0.2) is 0 Å². The summed E-state index contributed by atoms with van der Waals surface area (Å²) in [6.07, 6.45) is 8.06. The van der Waals surface area contributed by atoms with Gasteiger partial charge in [0, 0.05) is 6.61 Å². The third-order valence-corrected chi connectivity index (χ3v) is 1.31. The molecule has 0 unspecified atom stereocenters. The predicted molar refractivity (Wildman–Crippen MR) is 45.2 cm³/mol. The van der Waals surface area contributed by atoms with Gasteiger partial charge in [-0.15, -0.1) is 0 Å². The molecule has 0 aliphatic carbocycles. The van der Waals surface area contributed by atoms with Crippen LogP contribution < -0.4 is 0 Å². The average Bonchev–Trinajstić information content (AvgIpc) is 1.97. The highest BCUT2D eigenvalue weighted by molar-refractivity contribution is 4.80. The molecule has 0 spiro atoms. The molecule has 10 heavy (non-hydrogen) atoms. The van der Waals surface area contributed by atoms with Crippen molar-refractivity contribution < 1.29 is 4.74 Å². The SMILES string of the molecule is CCCCC=CCOCC. The number of hydrogen-bond acceptors (Lipinski definition) is 1. The molecule has 1 nitrogen and oxygen atoms in total. The van der Waals surface area contributed by atoms with Crippen LogP contribution in [0.2, 0.25) is 0 Å².